The molecule has 0 aliphatic heterocycles. The summed E-state index contributed by atoms with van der Waals surface area (Å²) in [5, 5.41) is 29.9. The van der Waals surface area contributed by atoms with Crippen LogP contribution in [-0.2, 0) is 0 Å². The van der Waals surface area contributed by atoms with Crippen molar-refractivity contribution >= 4 is 0 Å². The summed E-state index contributed by atoms with van der Waals surface area (Å²) in [5.74, 6) is 0.216. The minimum absolute atomic E-state index is 0.0203. The highest BCUT2D eigenvalue weighted by Gasteiger charge is 2.15. The average Bonchev–Trinajstić information content (AvgIpc) is 2.50. The minimum atomic E-state index is 0.0203. The highest BCUT2D eigenvalue weighted by Crippen LogP contribution is 2.43. The number of phenols is 3. The first-order chi connectivity index (χ1) is 10.2. The fourth-order valence-corrected chi connectivity index (χ4v) is 2.34. The predicted molar refractivity (Wildman–Crippen MR) is 82.3 cm³/mol. The number of rotatable bonds is 2. The van der Waals surface area contributed by atoms with Crippen LogP contribution in [0.25, 0.3) is 22.3 Å². The zero-order valence-electron chi connectivity index (χ0n) is 11.2. The molecule has 0 bridgehead atoms. The van der Waals surface area contributed by atoms with Gasteiger partial charge in [-0.1, -0.05) is 42.5 Å². The molecule has 0 saturated heterocycles. The van der Waals surface area contributed by atoms with E-state index in [0.717, 1.165) is 11.1 Å². The lowest BCUT2D eigenvalue weighted by molar-refractivity contribution is 0.455. The Labute approximate surface area is 122 Å². The maximum atomic E-state index is 10.5. The van der Waals surface area contributed by atoms with Gasteiger partial charge in [0.1, 0.15) is 17.2 Å². The predicted octanol–water partition coefficient (Wildman–Crippen LogP) is 4.14. The zero-order chi connectivity index (χ0) is 14.8. The van der Waals surface area contributed by atoms with Gasteiger partial charge in [0, 0.05) is 5.56 Å². The van der Waals surface area contributed by atoms with Crippen LogP contribution in [0.1, 0.15) is 0 Å². The first-order valence-electron chi connectivity index (χ1n) is 6.56. The molecule has 3 heteroatoms. The van der Waals surface area contributed by atoms with Gasteiger partial charge in [-0.2, -0.15) is 0 Å². The van der Waals surface area contributed by atoms with Crippen molar-refractivity contribution in [2.45, 2.75) is 0 Å². The Hall–Kier alpha value is -2.94. The number of benzene rings is 3. The molecular formula is C18H14O3. The molecule has 3 aromatic carbocycles. The number of aromatic hydroxyl groups is 3. The second-order valence-corrected chi connectivity index (χ2v) is 4.77. The fourth-order valence-electron chi connectivity index (χ4n) is 2.34. The summed E-state index contributed by atoms with van der Waals surface area (Å²) in [4.78, 5) is 0. The monoisotopic (exact) mass is 278 g/mol. The van der Waals surface area contributed by atoms with E-state index in [1.807, 2.05) is 30.3 Å². The van der Waals surface area contributed by atoms with Crippen LogP contribution in [0.15, 0.2) is 66.7 Å². The van der Waals surface area contributed by atoms with E-state index in [2.05, 4.69) is 0 Å². The van der Waals surface area contributed by atoms with Crippen LogP contribution < -0.4 is 0 Å². The Balaban J connectivity index is 2.19. The molecule has 0 unspecified atom stereocenters. The van der Waals surface area contributed by atoms with Crippen molar-refractivity contribution in [2.75, 3.05) is 0 Å². The third kappa shape index (κ3) is 2.41. The molecule has 0 saturated carbocycles. The summed E-state index contributed by atoms with van der Waals surface area (Å²) in [6, 6.07) is 19.0. The lowest BCUT2D eigenvalue weighted by atomic mass is 9.96. The summed E-state index contributed by atoms with van der Waals surface area (Å²) >= 11 is 0. The van der Waals surface area contributed by atoms with Gasteiger partial charge in [0.25, 0.3) is 0 Å². The van der Waals surface area contributed by atoms with Crippen LogP contribution in [0.4, 0.5) is 0 Å². The third-order valence-electron chi connectivity index (χ3n) is 3.40. The van der Waals surface area contributed by atoms with Gasteiger partial charge in [-0.3, -0.25) is 0 Å². The molecule has 104 valence electrons. The quantitative estimate of drug-likeness (QED) is 0.660. The van der Waals surface area contributed by atoms with Crippen LogP contribution in [0, 0.1) is 0 Å². The third-order valence-corrected chi connectivity index (χ3v) is 3.40. The zero-order valence-corrected chi connectivity index (χ0v) is 11.2. The summed E-state index contributed by atoms with van der Waals surface area (Å²) in [5.41, 5.74) is 2.52. The highest BCUT2D eigenvalue weighted by molar-refractivity contribution is 5.85. The molecule has 0 aliphatic rings. The minimum Gasteiger partial charge on any atom is -0.508 e. The maximum absolute atomic E-state index is 10.5. The smallest absolute Gasteiger partial charge is 0.134 e. The number of hydrogen-bond acceptors (Lipinski definition) is 3. The molecular weight excluding hydrogens is 264 g/mol. The Morgan fingerprint density at radius 3 is 1.90 bits per heavy atom. The van der Waals surface area contributed by atoms with E-state index < -0.39 is 0 Å². The first kappa shape index (κ1) is 13.1. The van der Waals surface area contributed by atoms with Crippen molar-refractivity contribution in [2.24, 2.45) is 0 Å². The summed E-state index contributed by atoms with van der Waals surface area (Å²) in [7, 11) is 0. The topological polar surface area (TPSA) is 60.7 Å². The number of phenolic OH excluding ortho intramolecular Hbond substituents is 3. The first-order valence-corrected chi connectivity index (χ1v) is 6.56. The van der Waals surface area contributed by atoms with Gasteiger partial charge >= 0.3 is 0 Å². The second-order valence-electron chi connectivity index (χ2n) is 4.77. The van der Waals surface area contributed by atoms with E-state index in [-0.39, 0.29) is 17.2 Å². The van der Waals surface area contributed by atoms with Gasteiger partial charge in [-0.05, 0) is 35.4 Å². The van der Waals surface area contributed by atoms with E-state index in [9.17, 15) is 15.3 Å². The maximum Gasteiger partial charge on any atom is 0.134 e. The average molecular weight is 278 g/mol. The van der Waals surface area contributed by atoms with Gasteiger partial charge in [0.15, 0.2) is 0 Å². The van der Waals surface area contributed by atoms with Crippen LogP contribution in [0.3, 0.4) is 0 Å². The van der Waals surface area contributed by atoms with E-state index >= 15 is 0 Å². The molecule has 0 aromatic heterocycles. The van der Waals surface area contributed by atoms with Gasteiger partial charge in [0.05, 0.1) is 5.56 Å². The number of hydrogen-bond donors (Lipinski definition) is 3. The molecule has 0 radical (unpaired) electrons. The molecule has 0 spiro atoms. The van der Waals surface area contributed by atoms with E-state index in [1.54, 1.807) is 36.4 Å². The van der Waals surface area contributed by atoms with Gasteiger partial charge in [-0.25, -0.2) is 0 Å². The molecule has 3 rings (SSSR count). The van der Waals surface area contributed by atoms with Crippen molar-refractivity contribution in [3.63, 3.8) is 0 Å². The lowest BCUT2D eigenvalue weighted by Gasteiger charge is -2.12. The second kappa shape index (κ2) is 5.21. The largest absolute Gasteiger partial charge is 0.508 e. The van der Waals surface area contributed by atoms with Gasteiger partial charge in [0.2, 0.25) is 0 Å². The molecule has 0 heterocycles. The highest BCUT2D eigenvalue weighted by atomic mass is 16.3. The Bertz CT molecular complexity index is 762. The van der Waals surface area contributed by atoms with Crippen molar-refractivity contribution in [1.29, 1.82) is 0 Å². The van der Waals surface area contributed by atoms with Crippen molar-refractivity contribution in [3.8, 4) is 39.5 Å². The Morgan fingerprint density at radius 2 is 1.24 bits per heavy atom. The molecule has 0 aliphatic carbocycles. The van der Waals surface area contributed by atoms with E-state index in [0.29, 0.717) is 11.1 Å². The van der Waals surface area contributed by atoms with E-state index in [1.165, 1.54) is 0 Å². The molecule has 0 atom stereocenters. The summed E-state index contributed by atoms with van der Waals surface area (Å²) in [6.07, 6.45) is 0. The SMILES string of the molecule is Oc1ccc(-c2ccc(O)c(-c3ccccc3)c2O)cc1. The summed E-state index contributed by atoms with van der Waals surface area (Å²) in [6.45, 7) is 0. The fraction of sp³-hybridized carbons (Fsp3) is 0. The normalized spacial score (nSPS) is 10.5. The Kier molecular flexibility index (Phi) is 3.24. The molecule has 0 fully saturated rings. The van der Waals surface area contributed by atoms with Crippen LogP contribution >= 0.6 is 0 Å². The Morgan fingerprint density at radius 1 is 0.571 bits per heavy atom. The molecule has 3 N–H and O–H groups in total. The van der Waals surface area contributed by atoms with Crippen LogP contribution in [0.5, 0.6) is 17.2 Å². The van der Waals surface area contributed by atoms with Crippen molar-refractivity contribution < 1.29 is 15.3 Å². The standard InChI is InChI=1S/C18H14O3/c19-14-8-6-12(7-9-14)15-10-11-16(20)17(18(15)21)13-4-2-1-3-5-13/h1-11,19-21H. The van der Waals surface area contributed by atoms with Crippen molar-refractivity contribution in [3.05, 3.63) is 66.7 Å². The van der Waals surface area contributed by atoms with Gasteiger partial charge in [-0.15, -0.1) is 0 Å². The molecule has 0 amide bonds. The summed E-state index contributed by atoms with van der Waals surface area (Å²) < 4.78 is 0. The van der Waals surface area contributed by atoms with Gasteiger partial charge < -0.3 is 15.3 Å². The molecule has 21 heavy (non-hydrogen) atoms. The molecule has 3 aromatic rings. The van der Waals surface area contributed by atoms with Crippen molar-refractivity contribution in [1.82, 2.24) is 0 Å². The van der Waals surface area contributed by atoms with Crippen LogP contribution in [0.2, 0.25) is 0 Å². The lowest BCUT2D eigenvalue weighted by Crippen LogP contribution is -1.85. The van der Waals surface area contributed by atoms with E-state index in [4.69, 9.17) is 0 Å². The molecule has 3 nitrogen and oxygen atoms in total. The van der Waals surface area contributed by atoms with Crippen LogP contribution in [-0.4, -0.2) is 15.3 Å².